The summed E-state index contributed by atoms with van der Waals surface area (Å²) in [6, 6.07) is 8.00. The van der Waals surface area contributed by atoms with Crippen LogP contribution in [-0.4, -0.2) is 43.7 Å². The molecule has 2 aliphatic rings. The Kier molecular flexibility index (Phi) is 6.30. The standard InChI is InChI=1S/C19H25ClN2O2/c20-17-9-5-4-8-16(17)18(22-10-12-24-13-11-22)14-21-19(23)15-6-2-1-3-7-15/h1-2,4-5,8-9,15,18H,3,6-7,10-14H2,(H,21,23)/t15-,18+/m0/s1. The first-order valence-corrected chi connectivity index (χ1v) is 9.12. The Morgan fingerprint density at radius 2 is 2.08 bits per heavy atom. The van der Waals surface area contributed by atoms with Gasteiger partial charge in [0.2, 0.25) is 5.91 Å². The zero-order chi connectivity index (χ0) is 16.8. The second kappa shape index (κ2) is 8.65. The Morgan fingerprint density at radius 3 is 2.79 bits per heavy atom. The van der Waals surface area contributed by atoms with Gasteiger partial charge in [0.25, 0.3) is 0 Å². The van der Waals surface area contributed by atoms with Crippen LogP contribution in [0.25, 0.3) is 0 Å². The zero-order valence-electron chi connectivity index (χ0n) is 13.9. The third-order valence-electron chi connectivity index (χ3n) is 4.86. The Balaban J connectivity index is 1.69. The summed E-state index contributed by atoms with van der Waals surface area (Å²) in [7, 11) is 0. The minimum absolute atomic E-state index is 0.0886. The molecule has 3 rings (SSSR count). The molecule has 2 atom stereocenters. The summed E-state index contributed by atoms with van der Waals surface area (Å²) in [4.78, 5) is 14.8. The fourth-order valence-electron chi connectivity index (χ4n) is 3.44. The maximum Gasteiger partial charge on any atom is 0.223 e. The van der Waals surface area contributed by atoms with Crippen molar-refractivity contribution in [2.45, 2.75) is 25.3 Å². The van der Waals surface area contributed by atoms with Crippen LogP contribution < -0.4 is 5.32 Å². The highest BCUT2D eigenvalue weighted by Gasteiger charge is 2.26. The Hall–Kier alpha value is -1.36. The number of ether oxygens (including phenoxy) is 1. The molecule has 1 aliphatic heterocycles. The number of nitrogens with zero attached hydrogens (tertiary/aromatic N) is 1. The quantitative estimate of drug-likeness (QED) is 0.831. The molecule has 1 saturated heterocycles. The van der Waals surface area contributed by atoms with E-state index in [9.17, 15) is 4.79 Å². The van der Waals surface area contributed by atoms with E-state index in [4.69, 9.17) is 16.3 Å². The van der Waals surface area contributed by atoms with Crippen molar-refractivity contribution in [3.05, 3.63) is 47.0 Å². The average Bonchev–Trinajstić information content (AvgIpc) is 2.65. The number of benzene rings is 1. The van der Waals surface area contributed by atoms with Crippen LogP contribution in [0, 0.1) is 5.92 Å². The molecular formula is C19H25ClN2O2. The molecule has 0 aromatic heterocycles. The van der Waals surface area contributed by atoms with Gasteiger partial charge in [-0.1, -0.05) is 42.0 Å². The van der Waals surface area contributed by atoms with Crippen molar-refractivity contribution in [1.29, 1.82) is 0 Å². The minimum atomic E-state index is 0.0886. The molecule has 0 bridgehead atoms. The summed E-state index contributed by atoms with van der Waals surface area (Å²) in [5, 5.41) is 3.92. The Morgan fingerprint density at radius 1 is 1.29 bits per heavy atom. The predicted octanol–water partition coefficient (Wildman–Crippen LogP) is 3.19. The molecule has 1 N–H and O–H groups in total. The van der Waals surface area contributed by atoms with Crippen LogP contribution in [0.2, 0.25) is 5.02 Å². The second-order valence-corrected chi connectivity index (χ2v) is 6.82. The number of nitrogens with one attached hydrogen (secondary N) is 1. The summed E-state index contributed by atoms with van der Waals surface area (Å²) >= 11 is 6.42. The van der Waals surface area contributed by atoms with Gasteiger partial charge in [0.05, 0.1) is 19.3 Å². The SMILES string of the molecule is O=C(NC[C@H](c1ccccc1Cl)N1CCOCC1)[C@H]1CC=CCC1. The third kappa shape index (κ3) is 4.38. The molecule has 1 heterocycles. The van der Waals surface area contributed by atoms with Gasteiger partial charge < -0.3 is 10.1 Å². The highest BCUT2D eigenvalue weighted by atomic mass is 35.5. The lowest BCUT2D eigenvalue weighted by Crippen LogP contribution is -2.44. The molecule has 1 aliphatic carbocycles. The van der Waals surface area contributed by atoms with Crippen molar-refractivity contribution < 1.29 is 9.53 Å². The number of amides is 1. The summed E-state index contributed by atoms with van der Waals surface area (Å²) < 4.78 is 5.47. The van der Waals surface area contributed by atoms with Crippen LogP contribution in [0.3, 0.4) is 0 Å². The molecule has 0 saturated carbocycles. The van der Waals surface area contributed by atoms with Crippen molar-refractivity contribution in [3.8, 4) is 0 Å². The fraction of sp³-hybridized carbons (Fsp3) is 0.526. The van der Waals surface area contributed by atoms with Crippen LogP contribution in [0.1, 0.15) is 30.9 Å². The van der Waals surface area contributed by atoms with Crippen molar-refractivity contribution >= 4 is 17.5 Å². The van der Waals surface area contributed by atoms with E-state index in [0.717, 1.165) is 56.2 Å². The lowest BCUT2D eigenvalue weighted by molar-refractivity contribution is -0.125. The number of allylic oxidation sites excluding steroid dienone is 2. The molecule has 1 amide bonds. The molecule has 0 spiro atoms. The maximum absolute atomic E-state index is 12.5. The van der Waals surface area contributed by atoms with E-state index in [0.29, 0.717) is 6.54 Å². The van der Waals surface area contributed by atoms with Gasteiger partial charge in [-0.3, -0.25) is 9.69 Å². The first-order valence-electron chi connectivity index (χ1n) is 8.74. The van der Waals surface area contributed by atoms with Gasteiger partial charge in [0, 0.05) is 30.6 Å². The van der Waals surface area contributed by atoms with Gasteiger partial charge in [0.1, 0.15) is 0 Å². The number of hydrogen-bond acceptors (Lipinski definition) is 3. The van der Waals surface area contributed by atoms with Crippen LogP contribution in [0.4, 0.5) is 0 Å². The van der Waals surface area contributed by atoms with E-state index < -0.39 is 0 Å². The maximum atomic E-state index is 12.5. The predicted molar refractivity (Wildman–Crippen MR) is 96.1 cm³/mol. The summed E-state index contributed by atoms with van der Waals surface area (Å²) in [6.07, 6.45) is 7.05. The van der Waals surface area contributed by atoms with Gasteiger partial charge >= 0.3 is 0 Å². The monoisotopic (exact) mass is 348 g/mol. The third-order valence-corrected chi connectivity index (χ3v) is 5.20. The number of carbonyl (C=O) groups excluding carboxylic acids is 1. The summed E-state index contributed by atoms with van der Waals surface area (Å²) in [5.74, 6) is 0.260. The number of halogens is 1. The zero-order valence-corrected chi connectivity index (χ0v) is 14.7. The van der Waals surface area contributed by atoms with Crippen LogP contribution in [0.5, 0.6) is 0 Å². The largest absolute Gasteiger partial charge is 0.379 e. The number of rotatable bonds is 5. The van der Waals surface area contributed by atoms with Crippen LogP contribution >= 0.6 is 11.6 Å². The molecule has 0 unspecified atom stereocenters. The molecule has 1 aromatic carbocycles. The van der Waals surface area contributed by atoms with Gasteiger partial charge in [-0.05, 0) is 30.9 Å². The normalized spacial score (nSPS) is 23.0. The van der Waals surface area contributed by atoms with E-state index in [1.165, 1.54) is 0 Å². The molecule has 130 valence electrons. The van der Waals surface area contributed by atoms with Crippen LogP contribution in [-0.2, 0) is 9.53 Å². The van der Waals surface area contributed by atoms with E-state index in [-0.39, 0.29) is 17.9 Å². The topological polar surface area (TPSA) is 41.6 Å². The highest BCUT2D eigenvalue weighted by molar-refractivity contribution is 6.31. The molecule has 0 radical (unpaired) electrons. The number of carbonyl (C=O) groups is 1. The first-order chi connectivity index (χ1) is 11.8. The van der Waals surface area contributed by atoms with E-state index in [2.05, 4.69) is 28.4 Å². The number of hydrogen-bond donors (Lipinski definition) is 1. The molecule has 1 fully saturated rings. The summed E-state index contributed by atoms with van der Waals surface area (Å²) in [6.45, 7) is 3.75. The molecule has 1 aromatic rings. The second-order valence-electron chi connectivity index (χ2n) is 6.41. The number of morpholine rings is 1. The van der Waals surface area contributed by atoms with Gasteiger partial charge in [-0.25, -0.2) is 0 Å². The van der Waals surface area contributed by atoms with Crippen molar-refractivity contribution in [2.24, 2.45) is 5.92 Å². The van der Waals surface area contributed by atoms with E-state index >= 15 is 0 Å². The molecule has 4 nitrogen and oxygen atoms in total. The Labute approximate surface area is 148 Å². The lowest BCUT2D eigenvalue weighted by atomic mass is 9.93. The fourth-order valence-corrected chi connectivity index (χ4v) is 3.71. The van der Waals surface area contributed by atoms with Gasteiger partial charge in [-0.2, -0.15) is 0 Å². The first kappa shape index (κ1) is 17.5. The Bertz CT molecular complexity index is 584. The molecule has 24 heavy (non-hydrogen) atoms. The van der Waals surface area contributed by atoms with E-state index in [1.807, 2.05) is 18.2 Å². The summed E-state index contributed by atoms with van der Waals surface area (Å²) in [5.41, 5.74) is 1.07. The average molecular weight is 349 g/mol. The van der Waals surface area contributed by atoms with Crippen LogP contribution in [0.15, 0.2) is 36.4 Å². The smallest absolute Gasteiger partial charge is 0.223 e. The lowest BCUT2D eigenvalue weighted by Gasteiger charge is -2.35. The van der Waals surface area contributed by atoms with Crippen molar-refractivity contribution in [2.75, 3.05) is 32.8 Å². The molecular weight excluding hydrogens is 324 g/mol. The highest BCUT2D eigenvalue weighted by Crippen LogP contribution is 2.28. The minimum Gasteiger partial charge on any atom is -0.379 e. The van der Waals surface area contributed by atoms with Crippen molar-refractivity contribution in [3.63, 3.8) is 0 Å². The molecule has 5 heteroatoms. The van der Waals surface area contributed by atoms with Crippen molar-refractivity contribution in [1.82, 2.24) is 10.2 Å². The van der Waals surface area contributed by atoms with Gasteiger partial charge in [-0.15, -0.1) is 0 Å². The van der Waals surface area contributed by atoms with E-state index in [1.54, 1.807) is 0 Å². The van der Waals surface area contributed by atoms with Gasteiger partial charge in [0.15, 0.2) is 0 Å².